The Labute approximate surface area is 130 Å². The van der Waals surface area contributed by atoms with Crippen molar-refractivity contribution < 1.29 is 20.4 Å². The smallest absolute Gasteiger partial charge is 0.115 e. The van der Waals surface area contributed by atoms with E-state index in [0.717, 1.165) is 24.0 Å². The van der Waals surface area contributed by atoms with Crippen molar-refractivity contribution in [2.75, 3.05) is 0 Å². The lowest BCUT2D eigenvalue weighted by Gasteiger charge is -2.51. The molecule has 3 aliphatic carbocycles. The highest BCUT2D eigenvalue weighted by atomic mass is 16.3. The van der Waals surface area contributed by atoms with Gasteiger partial charge in [-0.1, -0.05) is 13.0 Å². The van der Waals surface area contributed by atoms with Gasteiger partial charge in [-0.3, -0.25) is 0 Å². The summed E-state index contributed by atoms with van der Waals surface area (Å²) in [5, 5.41) is 41.1. The fraction of sp³-hybridized carbons (Fsp3) is 0.667. The Morgan fingerprint density at radius 2 is 1.86 bits per heavy atom. The monoisotopic (exact) mass is 304 g/mol. The molecule has 0 saturated heterocycles. The fourth-order valence-electron chi connectivity index (χ4n) is 5.61. The van der Waals surface area contributed by atoms with Crippen LogP contribution in [0, 0.1) is 17.3 Å². The van der Waals surface area contributed by atoms with Crippen LogP contribution in [0.4, 0.5) is 0 Å². The summed E-state index contributed by atoms with van der Waals surface area (Å²) >= 11 is 0. The second-order valence-corrected chi connectivity index (χ2v) is 7.72. The molecule has 3 aliphatic rings. The SMILES string of the molecule is C[C@]12CC[C@@H]3c4ccc(O)cc4[C@@H](O)C[C@H]3[C@@H]1[C@H](O)C[C@@H]2O. The standard InChI is InChI=1S/C18H24O4/c1-18-5-4-11-10-3-2-9(19)6-12(10)14(20)7-13(11)17(18)15(21)8-16(18)22/h2-3,6,11,13-17,19-22H,4-5,7-8H2,1H3/t11-,13-,14+,15-,16+,17-,18-/m1/s1. The first-order chi connectivity index (χ1) is 10.4. The molecule has 0 amide bonds. The Morgan fingerprint density at radius 1 is 1.09 bits per heavy atom. The van der Waals surface area contributed by atoms with Gasteiger partial charge in [-0.05, 0) is 65.7 Å². The number of phenolic OH excluding ortho intramolecular Hbond substituents is 1. The average molecular weight is 304 g/mol. The van der Waals surface area contributed by atoms with E-state index in [2.05, 4.69) is 6.92 Å². The lowest BCUT2D eigenvalue weighted by molar-refractivity contribution is -0.0586. The Hall–Kier alpha value is -1.10. The summed E-state index contributed by atoms with van der Waals surface area (Å²) in [6.45, 7) is 2.09. The zero-order valence-electron chi connectivity index (χ0n) is 12.8. The third-order valence-corrected chi connectivity index (χ3v) is 6.70. The van der Waals surface area contributed by atoms with E-state index < -0.39 is 18.3 Å². The van der Waals surface area contributed by atoms with Crippen molar-refractivity contribution in [3.63, 3.8) is 0 Å². The van der Waals surface area contributed by atoms with Crippen LogP contribution in [0.5, 0.6) is 5.75 Å². The minimum atomic E-state index is -0.601. The van der Waals surface area contributed by atoms with E-state index in [0.29, 0.717) is 18.8 Å². The largest absolute Gasteiger partial charge is 0.508 e. The first-order valence-corrected chi connectivity index (χ1v) is 8.29. The molecule has 0 spiro atoms. The van der Waals surface area contributed by atoms with Gasteiger partial charge in [-0.2, -0.15) is 0 Å². The fourth-order valence-corrected chi connectivity index (χ4v) is 5.61. The van der Waals surface area contributed by atoms with Crippen LogP contribution in [-0.2, 0) is 0 Å². The molecular formula is C18H24O4. The number of hydrogen-bond donors (Lipinski definition) is 4. The van der Waals surface area contributed by atoms with E-state index >= 15 is 0 Å². The van der Waals surface area contributed by atoms with Crippen LogP contribution in [0.2, 0.25) is 0 Å². The molecule has 22 heavy (non-hydrogen) atoms. The van der Waals surface area contributed by atoms with E-state index in [1.54, 1.807) is 12.1 Å². The van der Waals surface area contributed by atoms with Crippen LogP contribution in [-0.4, -0.2) is 32.6 Å². The highest BCUT2D eigenvalue weighted by Gasteiger charge is 2.59. The number of hydrogen-bond acceptors (Lipinski definition) is 4. The molecule has 1 aromatic rings. The van der Waals surface area contributed by atoms with Crippen molar-refractivity contribution in [3.8, 4) is 5.75 Å². The maximum absolute atomic E-state index is 10.5. The van der Waals surface area contributed by atoms with Gasteiger partial charge >= 0.3 is 0 Å². The van der Waals surface area contributed by atoms with Gasteiger partial charge < -0.3 is 20.4 Å². The third kappa shape index (κ3) is 1.81. The highest BCUT2D eigenvalue weighted by Crippen LogP contribution is 2.62. The molecule has 120 valence electrons. The summed E-state index contributed by atoms with van der Waals surface area (Å²) in [6, 6.07) is 5.27. The number of benzene rings is 1. The molecule has 2 fully saturated rings. The molecule has 0 aromatic heterocycles. The summed E-state index contributed by atoms with van der Waals surface area (Å²) < 4.78 is 0. The van der Waals surface area contributed by atoms with Crippen LogP contribution < -0.4 is 0 Å². The summed E-state index contributed by atoms with van der Waals surface area (Å²) in [5.74, 6) is 0.723. The molecule has 4 heteroatoms. The van der Waals surface area contributed by atoms with Crippen LogP contribution in [0.25, 0.3) is 0 Å². The Morgan fingerprint density at radius 3 is 2.64 bits per heavy atom. The van der Waals surface area contributed by atoms with Crippen molar-refractivity contribution in [2.45, 2.75) is 56.8 Å². The predicted molar refractivity (Wildman–Crippen MR) is 81.4 cm³/mol. The molecule has 0 aliphatic heterocycles. The van der Waals surface area contributed by atoms with Gasteiger partial charge in [0, 0.05) is 6.42 Å². The number of aromatic hydroxyl groups is 1. The van der Waals surface area contributed by atoms with Gasteiger partial charge in [-0.25, -0.2) is 0 Å². The van der Waals surface area contributed by atoms with Gasteiger partial charge in [0.2, 0.25) is 0 Å². The molecule has 4 nitrogen and oxygen atoms in total. The van der Waals surface area contributed by atoms with Crippen molar-refractivity contribution >= 4 is 0 Å². The predicted octanol–water partition coefficient (Wildman–Crippen LogP) is 2.07. The Balaban J connectivity index is 1.77. The summed E-state index contributed by atoms with van der Waals surface area (Å²) in [6.07, 6.45) is 1.37. The Kier molecular flexibility index (Phi) is 3.09. The van der Waals surface area contributed by atoms with Crippen LogP contribution in [0.3, 0.4) is 0 Å². The normalized spacial score (nSPS) is 46.7. The van der Waals surface area contributed by atoms with Gasteiger partial charge in [0.05, 0.1) is 18.3 Å². The Bertz CT molecular complexity index is 601. The van der Waals surface area contributed by atoms with E-state index in [9.17, 15) is 20.4 Å². The van der Waals surface area contributed by atoms with E-state index in [1.807, 2.05) is 6.07 Å². The number of rotatable bonds is 0. The minimum Gasteiger partial charge on any atom is -0.508 e. The average Bonchev–Trinajstić information content (AvgIpc) is 2.69. The van der Waals surface area contributed by atoms with Gasteiger partial charge in [-0.15, -0.1) is 0 Å². The van der Waals surface area contributed by atoms with Crippen LogP contribution >= 0.6 is 0 Å². The highest BCUT2D eigenvalue weighted by molar-refractivity contribution is 5.41. The van der Waals surface area contributed by atoms with E-state index in [4.69, 9.17) is 0 Å². The van der Waals surface area contributed by atoms with E-state index in [-0.39, 0.29) is 23.0 Å². The first kappa shape index (κ1) is 14.5. The second-order valence-electron chi connectivity index (χ2n) is 7.72. The first-order valence-electron chi connectivity index (χ1n) is 8.29. The lowest BCUT2D eigenvalue weighted by Crippen LogP contribution is -2.46. The molecule has 0 unspecified atom stereocenters. The molecule has 1 aromatic carbocycles. The zero-order chi connectivity index (χ0) is 15.6. The number of aliphatic hydroxyl groups excluding tert-OH is 3. The van der Waals surface area contributed by atoms with Crippen molar-refractivity contribution in [1.82, 2.24) is 0 Å². The van der Waals surface area contributed by atoms with Crippen LogP contribution in [0.15, 0.2) is 18.2 Å². The molecule has 0 bridgehead atoms. The van der Waals surface area contributed by atoms with Gasteiger partial charge in [0.25, 0.3) is 0 Å². The summed E-state index contributed by atoms with van der Waals surface area (Å²) in [4.78, 5) is 0. The second kappa shape index (κ2) is 4.70. The van der Waals surface area contributed by atoms with Crippen molar-refractivity contribution in [3.05, 3.63) is 29.3 Å². The molecule has 4 N–H and O–H groups in total. The van der Waals surface area contributed by atoms with Crippen molar-refractivity contribution in [2.24, 2.45) is 17.3 Å². The third-order valence-electron chi connectivity index (χ3n) is 6.70. The van der Waals surface area contributed by atoms with Crippen LogP contribution in [0.1, 0.15) is 55.8 Å². The molecule has 0 heterocycles. The summed E-state index contributed by atoms with van der Waals surface area (Å²) in [7, 11) is 0. The maximum Gasteiger partial charge on any atom is 0.115 e. The van der Waals surface area contributed by atoms with Gasteiger partial charge in [0.15, 0.2) is 0 Å². The molecule has 4 rings (SSSR count). The molecular weight excluding hydrogens is 280 g/mol. The number of phenols is 1. The molecule has 2 saturated carbocycles. The molecule has 0 radical (unpaired) electrons. The minimum absolute atomic E-state index is 0.0397. The van der Waals surface area contributed by atoms with Crippen molar-refractivity contribution in [1.29, 1.82) is 0 Å². The van der Waals surface area contributed by atoms with Gasteiger partial charge in [0.1, 0.15) is 5.75 Å². The maximum atomic E-state index is 10.5. The lowest BCUT2D eigenvalue weighted by atomic mass is 9.54. The number of aliphatic hydroxyl groups is 3. The molecule has 7 atom stereocenters. The number of fused-ring (bicyclic) bond motifs is 5. The quantitative estimate of drug-likeness (QED) is 0.591. The zero-order valence-corrected chi connectivity index (χ0v) is 12.8. The summed E-state index contributed by atoms with van der Waals surface area (Å²) in [5.41, 5.74) is 1.70. The topological polar surface area (TPSA) is 80.9 Å². The van der Waals surface area contributed by atoms with E-state index in [1.165, 1.54) is 0 Å².